The lowest BCUT2D eigenvalue weighted by Crippen LogP contribution is -2.94. The van der Waals surface area contributed by atoms with Gasteiger partial charge in [0.25, 0.3) is 0 Å². The van der Waals surface area contributed by atoms with Crippen molar-refractivity contribution in [3.63, 3.8) is 0 Å². The number of hydrogen-bond acceptors (Lipinski definition) is 2. The number of halogens is 1. The molecule has 6 saturated carbocycles. The van der Waals surface area contributed by atoms with Gasteiger partial charge in [-0.05, 0) is 17.8 Å². The van der Waals surface area contributed by atoms with Crippen LogP contribution in [0.25, 0.3) is 0 Å². The largest absolute Gasteiger partial charge is 0.481 e. The molecular weight excluding hydrogens is 248 g/mol. The van der Waals surface area contributed by atoms with E-state index in [9.17, 15) is 14.7 Å². The summed E-state index contributed by atoms with van der Waals surface area (Å²) in [5, 5.41) is 9.26. The molecule has 0 aromatic heterocycles. The van der Waals surface area contributed by atoms with Gasteiger partial charge in [0.1, 0.15) is 0 Å². The summed E-state index contributed by atoms with van der Waals surface area (Å²) in [7, 11) is 0. The van der Waals surface area contributed by atoms with Gasteiger partial charge in [0.05, 0.1) is 9.74 Å². The zero-order chi connectivity index (χ0) is 9.62. The minimum Gasteiger partial charge on any atom is -0.481 e. The number of carbonyl (C=O) groups is 2. The van der Waals surface area contributed by atoms with Crippen LogP contribution >= 0.6 is 15.9 Å². The number of carbonyl (C=O) groups excluding carboxylic acids is 1. The fourth-order valence-corrected chi connectivity index (χ4v) is 7.59. The summed E-state index contributed by atoms with van der Waals surface area (Å²) < 4.78 is -0.389. The smallest absolute Gasteiger partial charge is 0.310 e. The molecule has 3 nitrogen and oxygen atoms in total. The quantitative estimate of drug-likeness (QED) is 0.695. The molecule has 6 aliphatic carbocycles. The molecule has 14 heavy (non-hydrogen) atoms. The third-order valence-corrected chi connectivity index (χ3v) is 7.34. The van der Waals surface area contributed by atoms with Crippen molar-refractivity contribution in [3.05, 3.63) is 0 Å². The van der Waals surface area contributed by atoms with Crippen molar-refractivity contribution in [3.8, 4) is 0 Å². The molecule has 0 aliphatic heterocycles. The van der Waals surface area contributed by atoms with Crippen LogP contribution < -0.4 is 0 Å². The van der Waals surface area contributed by atoms with E-state index in [1.165, 1.54) is 0 Å². The van der Waals surface area contributed by atoms with Gasteiger partial charge in [0, 0.05) is 17.8 Å². The van der Waals surface area contributed by atoms with Crippen molar-refractivity contribution < 1.29 is 14.7 Å². The molecule has 6 fully saturated rings. The Balaban J connectivity index is 1.81. The summed E-state index contributed by atoms with van der Waals surface area (Å²) in [6.07, 6.45) is 0. The topological polar surface area (TPSA) is 54.4 Å². The third-order valence-electron chi connectivity index (χ3n) is 5.97. The van der Waals surface area contributed by atoms with E-state index < -0.39 is 11.4 Å². The number of carboxylic acids is 1. The molecule has 72 valence electrons. The Morgan fingerprint density at radius 2 is 1.93 bits per heavy atom. The number of alkyl halides is 1. The Hall–Kier alpha value is -0.380. The normalized spacial score (nSPS) is 78.2. The lowest BCUT2D eigenvalue weighted by atomic mass is 9.13. The average molecular weight is 255 g/mol. The highest BCUT2D eigenvalue weighted by molar-refractivity contribution is 9.10. The number of rotatable bonds is 1. The van der Waals surface area contributed by atoms with Crippen molar-refractivity contribution in [2.75, 3.05) is 0 Å². The maximum atomic E-state index is 11.9. The molecule has 2 bridgehead atoms. The molecule has 0 aromatic rings. The highest BCUT2D eigenvalue weighted by Gasteiger charge is 3.07. The summed E-state index contributed by atoms with van der Waals surface area (Å²) in [6.45, 7) is 0. The number of hydrogen-bond donors (Lipinski definition) is 1. The van der Waals surface area contributed by atoms with Crippen LogP contribution in [0.1, 0.15) is 0 Å². The van der Waals surface area contributed by atoms with Gasteiger partial charge in [-0.3, -0.25) is 9.59 Å². The highest BCUT2D eigenvalue weighted by Crippen LogP contribution is 3.01. The zero-order valence-electron chi connectivity index (χ0n) is 7.11. The van der Waals surface area contributed by atoms with E-state index in [-0.39, 0.29) is 22.1 Å². The minimum atomic E-state index is -0.645. The third kappa shape index (κ3) is 0.270. The van der Waals surface area contributed by atoms with Crippen molar-refractivity contribution in [2.45, 2.75) is 4.32 Å². The standard InChI is InChI=1S/C10H7BrO3/c11-10-5-2-1(7(10)12)3-4(2)9(5,6(3)10)8(13)14/h1-6H,(H,13,14). The molecule has 0 radical (unpaired) electrons. The van der Waals surface area contributed by atoms with Gasteiger partial charge in [-0.25, -0.2) is 0 Å². The second-order valence-corrected chi connectivity index (χ2v) is 6.84. The maximum absolute atomic E-state index is 11.9. The molecule has 0 aromatic carbocycles. The van der Waals surface area contributed by atoms with Crippen LogP contribution in [0, 0.1) is 40.9 Å². The Labute approximate surface area is 88.0 Å². The van der Waals surface area contributed by atoms with Crippen molar-refractivity contribution in [2.24, 2.45) is 40.9 Å². The zero-order valence-corrected chi connectivity index (χ0v) is 8.69. The molecule has 4 atom stereocenters. The second-order valence-electron chi connectivity index (χ2n) is 5.53. The lowest BCUT2D eigenvalue weighted by Gasteiger charge is -2.89. The molecule has 0 amide bonds. The fraction of sp³-hybridized carbons (Fsp3) is 0.800. The van der Waals surface area contributed by atoms with Crippen LogP contribution in [0.15, 0.2) is 0 Å². The Bertz CT molecular complexity index is 436. The molecule has 0 saturated heterocycles. The van der Waals surface area contributed by atoms with Gasteiger partial charge in [-0.15, -0.1) is 0 Å². The van der Waals surface area contributed by atoms with E-state index in [1.807, 2.05) is 0 Å². The van der Waals surface area contributed by atoms with Gasteiger partial charge in [0.15, 0.2) is 5.78 Å². The number of aliphatic carboxylic acids is 1. The Kier molecular flexibility index (Phi) is 0.670. The number of Topliss-reactive ketones (excluding diaryl/α,β-unsaturated/α-hetero) is 1. The van der Waals surface area contributed by atoms with E-state index in [0.29, 0.717) is 23.5 Å². The maximum Gasteiger partial charge on any atom is 0.310 e. The highest BCUT2D eigenvalue weighted by atomic mass is 79.9. The first-order valence-electron chi connectivity index (χ1n) is 5.05. The van der Waals surface area contributed by atoms with E-state index in [0.717, 1.165) is 0 Å². The van der Waals surface area contributed by atoms with Crippen LogP contribution in [0.4, 0.5) is 0 Å². The van der Waals surface area contributed by atoms with Crippen LogP contribution in [0.3, 0.4) is 0 Å². The first-order valence-corrected chi connectivity index (χ1v) is 5.85. The van der Waals surface area contributed by atoms with Crippen LogP contribution in [0.2, 0.25) is 0 Å². The van der Waals surface area contributed by atoms with Crippen molar-refractivity contribution in [1.82, 2.24) is 0 Å². The molecule has 6 aliphatic rings. The monoisotopic (exact) mass is 254 g/mol. The van der Waals surface area contributed by atoms with Gasteiger partial charge < -0.3 is 5.11 Å². The molecule has 4 unspecified atom stereocenters. The van der Waals surface area contributed by atoms with E-state index in [4.69, 9.17) is 0 Å². The predicted molar refractivity (Wildman–Crippen MR) is 47.7 cm³/mol. The van der Waals surface area contributed by atoms with Crippen LogP contribution in [-0.2, 0) is 9.59 Å². The second kappa shape index (κ2) is 1.34. The van der Waals surface area contributed by atoms with Gasteiger partial charge in [0.2, 0.25) is 0 Å². The summed E-state index contributed by atoms with van der Waals surface area (Å²) in [4.78, 5) is 23.2. The molecule has 0 spiro atoms. The first-order chi connectivity index (χ1) is 6.59. The summed E-state index contributed by atoms with van der Waals surface area (Å²) in [5.74, 6) is 1.46. The molecule has 4 heteroatoms. The summed E-state index contributed by atoms with van der Waals surface area (Å²) >= 11 is 3.55. The van der Waals surface area contributed by atoms with Crippen LogP contribution in [0.5, 0.6) is 0 Å². The molecule has 1 N–H and O–H groups in total. The lowest BCUT2D eigenvalue weighted by molar-refractivity contribution is -0.419. The van der Waals surface area contributed by atoms with Gasteiger partial charge in [-0.1, -0.05) is 15.9 Å². The van der Waals surface area contributed by atoms with E-state index in [2.05, 4.69) is 15.9 Å². The molecular formula is C10H7BrO3. The first kappa shape index (κ1) is 6.99. The predicted octanol–water partition coefficient (Wildman–Crippen LogP) is 0.525. The summed E-state index contributed by atoms with van der Waals surface area (Å²) in [6, 6.07) is 0. The average Bonchev–Trinajstić information content (AvgIpc) is 2.26. The minimum absolute atomic E-state index is 0.144. The van der Waals surface area contributed by atoms with Crippen molar-refractivity contribution >= 4 is 27.7 Å². The van der Waals surface area contributed by atoms with Crippen LogP contribution in [-0.4, -0.2) is 21.2 Å². The Morgan fingerprint density at radius 1 is 1.36 bits per heavy atom. The Morgan fingerprint density at radius 3 is 2.36 bits per heavy atom. The molecule has 6 rings (SSSR count). The van der Waals surface area contributed by atoms with Gasteiger partial charge in [-0.2, -0.15) is 0 Å². The number of carboxylic acid groups (broad SMARTS) is 1. The molecule has 0 heterocycles. The number of ketones is 1. The van der Waals surface area contributed by atoms with E-state index >= 15 is 0 Å². The van der Waals surface area contributed by atoms with Crippen molar-refractivity contribution in [1.29, 1.82) is 0 Å². The SMILES string of the molecule is O=C1C2C3C4C2C2C1(Br)C3C42C(=O)O. The van der Waals surface area contributed by atoms with Gasteiger partial charge >= 0.3 is 5.97 Å². The fourth-order valence-electron chi connectivity index (χ4n) is 5.96. The van der Waals surface area contributed by atoms with E-state index in [1.54, 1.807) is 0 Å². The summed E-state index contributed by atoms with van der Waals surface area (Å²) in [5.41, 5.74) is -0.457.